The number of anilines is 1. The average Bonchev–Trinajstić information content (AvgIpc) is 2.48. The molecule has 0 saturated carbocycles. The Kier molecular flexibility index (Phi) is 4.93. The minimum Gasteiger partial charge on any atom is -0.465 e. The van der Waals surface area contributed by atoms with E-state index >= 15 is 0 Å². The lowest BCUT2D eigenvalue weighted by Crippen LogP contribution is -2.01. The monoisotopic (exact) mass is 307 g/mol. The third-order valence-corrected chi connectivity index (χ3v) is 4.12. The number of nitrogens with two attached hydrogens (primary N) is 1. The Morgan fingerprint density at radius 1 is 1.30 bits per heavy atom. The summed E-state index contributed by atoms with van der Waals surface area (Å²) in [6, 6.07) is 12.9. The number of carbonyl (C=O) groups is 1. The summed E-state index contributed by atoms with van der Waals surface area (Å²) in [7, 11) is 1.38. The Morgan fingerprint density at radius 2 is 2.10 bits per heavy atom. The number of rotatable bonds is 4. The molecule has 0 spiro atoms. The molecule has 0 radical (unpaired) electrons. The van der Waals surface area contributed by atoms with E-state index in [1.165, 1.54) is 7.11 Å². The Hall–Kier alpha value is -1.65. The van der Waals surface area contributed by atoms with E-state index in [0.29, 0.717) is 16.3 Å². The van der Waals surface area contributed by atoms with Crippen LogP contribution in [-0.4, -0.2) is 13.1 Å². The second kappa shape index (κ2) is 6.68. The fraction of sp³-hybridized carbons (Fsp3) is 0.133. The van der Waals surface area contributed by atoms with Crippen molar-refractivity contribution in [1.82, 2.24) is 0 Å². The number of benzene rings is 2. The second-order valence-electron chi connectivity index (χ2n) is 4.16. The largest absolute Gasteiger partial charge is 0.465 e. The van der Waals surface area contributed by atoms with Gasteiger partial charge in [-0.15, -0.1) is 11.8 Å². The minimum atomic E-state index is -0.327. The van der Waals surface area contributed by atoms with Crippen LogP contribution in [0.15, 0.2) is 47.4 Å². The summed E-state index contributed by atoms with van der Waals surface area (Å²) in [5.41, 5.74) is 7.85. The van der Waals surface area contributed by atoms with Crippen LogP contribution in [-0.2, 0) is 10.5 Å². The van der Waals surface area contributed by atoms with Gasteiger partial charge >= 0.3 is 5.97 Å². The highest BCUT2D eigenvalue weighted by Crippen LogP contribution is 2.28. The number of ether oxygens (including phenoxy) is 1. The van der Waals surface area contributed by atoms with Crippen LogP contribution in [0.2, 0.25) is 5.02 Å². The molecule has 104 valence electrons. The lowest BCUT2D eigenvalue weighted by atomic mass is 10.1. The van der Waals surface area contributed by atoms with E-state index in [9.17, 15) is 4.79 Å². The van der Waals surface area contributed by atoms with Crippen LogP contribution in [0.1, 0.15) is 15.9 Å². The third kappa shape index (κ3) is 3.68. The molecule has 2 aromatic carbocycles. The summed E-state index contributed by atoms with van der Waals surface area (Å²) in [5.74, 6) is 0.415. The molecule has 0 amide bonds. The Morgan fingerprint density at radius 3 is 2.80 bits per heavy atom. The maximum Gasteiger partial charge on any atom is 0.337 e. The summed E-state index contributed by atoms with van der Waals surface area (Å²) in [4.78, 5) is 12.5. The summed E-state index contributed by atoms with van der Waals surface area (Å²) in [6.45, 7) is 0. The van der Waals surface area contributed by atoms with E-state index in [-0.39, 0.29) is 5.97 Å². The normalized spacial score (nSPS) is 10.3. The molecule has 0 unspecified atom stereocenters. The van der Waals surface area contributed by atoms with E-state index in [4.69, 9.17) is 22.1 Å². The van der Waals surface area contributed by atoms with Crippen molar-refractivity contribution in [2.24, 2.45) is 0 Å². The lowest BCUT2D eigenvalue weighted by Gasteiger charge is -2.06. The quantitative estimate of drug-likeness (QED) is 0.527. The highest BCUT2D eigenvalue weighted by Gasteiger charge is 2.06. The van der Waals surface area contributed by atoms with Gasteiger partial charge in [-0.1, -0.05) is 23.7 Å². The van der Waals surface area contributed by atoms with Crippen molar-refractivity contribution in [3.63, 3.8) is 0 Å². The molecule has 2 rings (SSSR count). The number of nitrogen functional groups attached to an aromatic ring is 1. The van der Waals surface area contributed by atoms with Crippen LogP contribution in [0.4, 0.5) is 5.69 Å². The number of carbonyl (C=O) groups excluding carboxylic acids is 1. The molecule has 2 N–H and O–H groups in total. The van der Waals surface area contributed by atoms with Gasteiger partial charge in [-0.05, 0) is 35.9 Å². The standard InChI is InChI=1S/C15H14ClNO2S/c1-19-15(18)11-4-2-3-10(7-11)9-20-12-5-6-14(17)13(16)8-12/h2-8H,9,17H2,1H3. The van der Waals surface area contributed by atoms with Crippen LogP contribution in [0.5, 0.6) is 0 Å². The number of thioether (sulfide) groups is 1. The molecule has 0 aromatic heterocycles. The summed E-state index contributed by atoms with van der Waals surface area (Å²) in [5, 5.41) is 0.554. The van der Waals surface area contributed by atoms with Crippen LogP contribution >= 0.6 is 23.4 Å². The fourth-order valence-corrected chi connectivity index (χ4v) is 2.79. The molecule has 5 heteroatoms. The molecule has 20 heavy (non-hydrogen) atoms. The molecular weight excluding hydrogens is 294 g/mol. The van der Waals surface area contributed by atoms with E-state index in [1.54, 1.807) is 23.9 Å². The first kappa shape index (κ1) is 14.8. The second-order valence-corrected chi connectivity index (χ2v) is 5.62. The van der Waals surface area contributed by atoms with Crippen LogP contribution in [0, 0.1) is 0 Å². The lowest BCUT2D eigenvalue weighted by molar-refractivity contribution is 0.0600. The molecule has 2 aromatic rings. The zero-order chi connectivity index (χ0) is 14.5. The third-order valence-electron chi connectivity index (χ3n) is 2.73. The zero-order valence-corrected chi connectivity index (χ0v) is 12.5. The summed E-state index contributed by atoms with van der Waals surface area (Å²) >= 11 is 7.61. The number of hydrogen-bond acceptors (Lipinski definition) is 4. The molecule has 0 bridgehead atoms. The predicted molar refractivity (Wildman–Crippen MR) is 83.2 cm³/mol. The molecule has 0 saturated heterocycles. The number of methoxy groups -OCH3 is 1. The van der Waals surface area contributed by atoms with Crippen LogP contribution in [0.3, 0.4) is 0 Å². The van der Waals surface area contributed by atoms with E-state index < -0.39 is 0 Å². The summed E-state index contributed by atoms with van der Waals surface area (Å²) < 4.78 is 4.71. The number of halogens is 1. The van der Waals surface area contributed by atoms with Gasteiger partial charge in [0, 0.05) is 10.6 Å². The van der Waals surface area contributed by atoms with Gasteiger partial charge in [0.15, 0.2) is 0 Å². The van der Waals surface area contributed by atoms with Crippen molar-refractivity contribution in [2.45, 2.75) is 10.6 Å². The van der Waals surface area contributed by atoms with Gasteiger partial charge in [0.25, 0.3) is 0 Å². The van der Waals surface area contributed by atoms with E-state index in [2.05, 4.69) is 0 Å². The molecular formula is C15H14ClNO2S. The SMILES string of the molecule is COC(=O)c1cccc(CSc2ccc(N)c(Cl)c2)c1. The molecule has 0 fully saturated rings. The molecule has 0 aliphatic heterocycles. The van der Waals surface area contributed by atoms with E-state index in [1.807, 2.05) is 30.3 Å². The van der Waals surface area contributed by atoms with Crippen molar-refractivity contribution in [1.29, 1.82) is 0 Å². The minimum absolute atomic E-state index is 0.327. The smallest absolute Gasteiger partial charge is 0.337 e. The maximum atomic E-state index is 11.5. The van der Waals surface area contributed by atoms with Crippen molar-refractivity contribution in [3.05, 3.63) is 58.6 Å². The Balaban J connectivity index is 2.07. The molecule has 0 aliphatic carbocycles. The van der Waals surface area contributed by atoms with Gasteiger partial charge in [-0.25, -0.2) is 4.79 Å². The molecule has 3 nitrogen and oxygen atoms in total. The van der Waals surface area contributed by atoms with Crippen molar-refractivity contribution < 1.29 is 9.53 Å². The van der Waals surface area contributed by atoms with Gasteiger partial charge in [-0.3, -0.25) is 0 Å². The predicted octanol–water partition coefficient (Wildman–Crippen LogP) is 4.00. The van der Waals surface area contributed by atoms with Crippen molar-refractivity contribution in [2.75, 3.05) is 12.8 Å². The summed E-state index contributed by atoms with van der Waals surface area (Å²) in [6.07, 6.45) is 0. The highest BCUT2D eigenvalue weighted by molar-refractivity contribution is 7.98. The number of hydrogen-bond donors (Lipinski definition) is 1. The number of esters is 1. The zero-order valence-electron chi connectivity index (χ0n) is 10.9. The topological polar surface area (TPSA) is 52.3 Å². The van der Waals surface area contributed by atoms with Gasteiger partial charge in [0.1, 0.15) is 0 Å². The Labute approximate surface area is 127 Å². The van der Waals surface area contributed by atoms with Crippen LogP contribution in [0.25, 0.3) is 0 Å². The van der Waals surface area contributed by atoms with Crippen LogP contribution < -0.4 is 5.73 Å². The first-order valence-corrected chi connectivity index (χ1v) is 7.31. The first-order valence-electron chi connectivity index (χ1n) is 5.95. The maximum absolute atomic E-state index is 11.5. The molecule has 0 atom stereocenters. The van der Waals surface area contributed by atoms with Gasteiger partial charge in [0.2, 0.25) is 0 Å². The van der Waals surface area contributed by atoms with Gasteiger partial charge < -0.3 is 10.5 Å². The van der Waals surface area contributed by atoms with Crippen molar-refractivity contribution >= 4 is 35.0 Å². The van der Waals surface area contributed by atoms with Crippen molar-refractivity contribution in [3.8, 4) is 0 Å². The molecule has 0 heterocycles. The fourth-order valence-electron chi connectivity index (χ4n) is 1.67. The van der Waals surface area contributed by atoms with Gasteiger partial charge in [0.05, 0.1) is 23.4 Å². The first-order chi connectivity index (χ1) is 9.60. The van der Waals surface area contributed by atoms with E-state index in [0.717, 1.165) is 16.2 Å². The highest BCUT2D eigenvalue weighted by atomic mass is 35.5. The Bertz CT molecular complexity index is 631. The molecule has 0 aliphatic rings. The van der Waals surface area contributed by atoms with Gasteiger partial charge in [-0.2, -0.15) is 0 Å². The average molecular weight is 308 g/mol.